The monoisotopic (exact) mass is 224 g/mol. The Kier molecular flexibility index (Phi) is 4.34. The van der Waals surface area contributed by atoms with Gasteiger partial charge in [-0.05, 0) is 12.8 Å². The van der Waals surface area contributed by atoms with Crippen LogP contribution in [0, 0.1) is 5.92 Å². The number of rotatable bonds is 5. The van der Waals surface area contributed by atoms with E-state index >= 15 is 0 Å². The van der Waals surface area contributed by atoms with Crippen molar-refractivity contribution in [3.8, 4) is 0 Å². The predicted molar refractivity (Wildman–Crippen MR) is 64.0 cm³/mol. The molecule has 4 N–H and O–H groups in total. The highest BCUT2D eigenvalue weighted by molar-refractivity contribution is 5.97. The summed E-state index contributed by atoms with van der Waals surface area (Å²) < 4.78 is 0. The molecule has 1 rings (SSSR count). The molecule has 0 fully saturated rings. The first-order valence-electron chi connectivity index (χ1n) is 5.69. The highest BCUT2D eigenvalue weighted by Crippen LogP contribution is 2.14. The van der Waals surface area contributed by atoms with Crippen LogP contribution in [0.1, 0.15) is 44.1 Å². The van der Waals surface area contributed by atoms with E-state index in [1.807, 2.05) is 6.92 Å². The second-order valence-corrected chi connectivity index (χ2v) is 4.04. The van der Waals surface area contributed by atoms with Crippen LogP contribution in [0.3, 0.4) is 0 Å². The predicted octanol–water partition coefficient (Wildman–Crippen LogP) is 1.55. The highest BCUT2D eigenvalue weighted by Gasteiger charge is 2.18. The van der Waals surface area contributed by atoms with E-state index in [2.05, 4.69) is 29.4 Å². The lowest BCUT2D eigenvalue weighted by molar-refractivity contribution is 0.0921. The van der Waals surface area contributed by atoms with Crippen molar-refractivity contribution in [1.82, 2.24) is 15.5 Å². The zero-order valence-electron chi connectivity index (χ0n) is 10.1. The third kappa shape index (κ3) is 2.74. The van der Waals surface area contributed by atoms with Gasteiger partial charge >= 0.3 is 0 Å². The molecule has 16 heavy (non-hydrogen) atoms. The minimum atomic E-state index is -0.186. The van der Waals surface area contributed by atoms with E-state index in [4.69, 9.17) is 5.73 Å². The van der Waals surface area contributed by atoms with E-state index in [9.17, 15) is 4.79 Å². The topological polar surface area (TPSA) is 83.8 Å². The summed E-state index contributed by atoms with van der Waals surface area (Å²) >= 11 is 0. The number of H-pyrrole nitrogens is 1. The first-order valence-corrected chi connectivity index (χ1v) is 5.69. The van der Waals surface area contributed by atoms with Gasteiger partial charge in [-0.15, -0.1) is 0 Å². The average Bonchev–Trinajstić information content (AvgIpc) is 2.66. The summed E-state index contributed by atoms with van der Waals surface area (Å²) in [4.78, 5) is 11.8. The number of carbonyl (C=O) groups is 1. The van der Waals surface area contributed by atoms with E-state index < -0.39 is 0 Å². The third-order valence-corrected chi connectivity index (χ3v) is 3.01. The molecule has 5 nitrogen and oxygen atoms in total. The van der Waals surface area contributed by atoms with Crippen molar-refractivity contribution in [3.05, 3.63) is 11.9 Å². The summed E-state index contributed by atoms with van der Waals surface area (Å²) in [6, 6.07) is 0.144. The maximum atomic E-state index is 11.8. The second-order valence-electron chi connectivity index (χ2n) is 4.04. The molecular formula is C11H20N4O. The Morgan fingerprint density at radius 2 is 2.19 bits per heavy atom. The molecule has 1 unspecified atom stereocenters. The molecule has 5 heteroatoms. The van der Waals surface area contributed by atoms with E-state index in [1.54, 1.807) is 0 Å². The number of amides is 1. The van der Waals surface area contributed by atoms with E-state index in [1.165, 1.54) is 6.20 Å². The Balaban J connectivity index is 2.61. The zero-order chi connectivity index (χ0) is 12.1. The van der Waals surface area contributed by atoms with Gasteiger partial charge in [0.1, 0.15) is 5.69 Å². The number of hydrogen-bond donors (Lipinski definition) is 3. The zero-order valence-corrected chi connectivity index (χ0v) is 10.1. The molecule has 0 saturated carbocycles. The van der Waals surface area contributed by atoms with Crippen molar-refractivity contribution >= 4 is 11.6 Å². The maximum Gasteiger partial charge on any atom is 0.271 e. The smallest absolute Gasteiger partial charge is 0.271 e. The van der Waals surface area contributed by atoms with Crippen molar-refractivity contribution in [2.45, 2.75) is 39.7 Å². The SMILES string of the molecule is CCC(CC)C(C)NC(=O)c1[nH]ncc1N. The summed E-state index contributed by atoms with van der Waals surface area (Å²) in [5.74, 6) is 0.308. The van der Waals surface area contributed by atoms with Crippen LogP contribution in [-0.2, 0) is 0 Å². The van der Waals surface area contributed by atoms with Crippen molar-refractivity contribution in [3.63, 3.8) is 0 Å². The molecule has 1 heterocycles. The molecule has 0 spiro atoms. The fraction of sp³-hybridized carbons (Fsp3) is 0.636. The molecule has 0 aliphatic heterocycles. The number of nitrogen functional groups attached to an aromatic ring is 1. The lowest BCUT2D eigenvalue weighted by Crippen LogP contribution is -2.38. The Morgan fingerprint density at radius 3 is 2.62 bits per heavy atom. The van der Waals surface area contributed by atoms with Crippen LogP contribution in [0.2, 0.25) is 0 Å². The van der Waals surface area contributed by atoms with E-state index in [0.717, 1.165) is 12.8 Å². The van der Waals surface area contributed by atoms with Gasteiger partial charge in [-0.3, -0.25) is 9.89 Å². The molecular weight excluding hydrogens is 204 g/mol. The fourth-order valence-corrected chi connectivity index (χ4v) is 1.87. The van der Waals surface area contributed by atoms with Gasteiger partial charge in [0, 0.05) is 6.04 Å². The van der Waals surface area contributed by atoms with Crippen LogP contribution >= 0.6 is 0 Å². The normalized spacial score (nSPS) is 12.8. The minimum absolute atomic E-state index is 0.144. The van der Waals surface area contributed by atoms with Crippen LogP contribution in [0.25, 0.3) is 0 Å². The summed E-state index contributed by atoms with van der Waals surface area (Å²) in [7, 11) is 0. The number of aromatic amines is 1. The summed E-state index contributed by atoms with van der Waals surface area (Å²) in [5, 5.41) is 9.26. The van der Waals surface area contributed by atoms with Gasteiger partial charge in [-0.1, -0.05) is 26.7 Å². The number of hydrogen-bond acceptors (Lipinski definition) is 3. The average molecular weight is 224 g/mol. The Morgan fingerprint density at radius 1 is 1.56 bits per heavy atom. The maximum absolute atomic E-state index is 11.8. The van der Waals surface area contributed by atoms with Gasteiger partial charge in [-0.25, -0.2) is 0 Å². The van der Waals surface area contributed by atoms with Crippen LogP contribution in [0.4, 0.5) is 5.69 Å². The van der Waals surface area contributed by atoms with Gasteiger partial charge < -0.3 is 11.1 Å². The van der Waals surface area contributed by atoms with Crippen LogP contribution in [0.15, 0.2) is 6.20 Å². The molecule has 1 aromatic rings. The van der Waals surface area contributed by atoms with Crippen LogP contribution in [-0.4, -0.2) is 22.1 Å². The number of nitrogens with two attached hydrogens (primary N) is 1. The summed E-state index contributed by atoms with van der Waals surface area (Å²) in [6.07, 6.45) is 3.55. The summed E-state index contributed by atoms with van der Waals surface area (Å²) in [5.41, 5.74) is 6.33. The molecule has 90 valence electrons. The van der Waals surface area contributed by atoms with Gasteiger partial charge in [0.2, 0.25) is 0 Å². The number of aromatic nitrogens is 2. The standard InChI is InChI=1S/C11H20N4O/c1-4-8(5-2)7(3)14-11(16)10-9(12)6-13-15-10/h6-8H,4-5,12H2,1-3H3,(H,13,15)(H,14,16). The second kappa shape index (κ2) is 5.53. The quantitative estimate of drug-likeness (QED) is 0.709. The molecule has 0 radical (unpaired) electrons. The Bertz CT molecular complexity index is 344. The number of anilines is 1. The molecule has 0 saturated heterocycles. The molecule has 0 aliphatic rings. The van der Waals surface area contributed by atoms with Crippen molar-refractivity contribution < 1.29 is 4.79 Å². The summed E-state index contributed by atoms with van der Waals surface area (Å²) in [6.45, 7) is 6.27. The molecule has 0 bridgehead atoms. The Labute approximate surface area is 95.8 Å². The molecule has 1 aromatic heterocycles. The Hall–Kier alpha value is -1.52. The van der Waals surface area contributed by atoms with E-state index in [-0.39, 0.29) is 11.9 Å². The lowest BCUT2D eigenvalue weighted by atomic mass is 9.95. The van der Waals surface area contributed by atoms with Crippen molar-refractivity contribution in [2.75, 3.05) is 5.73 Å². The van der Waals surface area contributed by atoms with Crippen molar-refractivity contribution in [1.29, 1.82) is 0 Å². The van der Waals surface area contributed by atoms with Gasteiger partial charge in [0.25, 0.3) is 5.91 Å². The molecule has 0 aliphatic carbocycles. The van der Waals surface area contributed by atoms with Crippen LogP contribution < -0.4 is 11.1 Å². The lowest BCUT2D eigenvalue weighted by Gasteiger charge is -2.22. The van der Waals surface area contributed by atoms with Gasteiger partial charge in [0.05, 0.1) is 11.9 Å². The van der Waals surface area contributed by atoms with E-state index in [0.29, 0.717) is 17.3 Å². The first kappa shape index (κ1) is 12.5. The van der Waals surface area contributed by atoms with Gasteiger partial charge in [-0.2, -0.15) is 5.10 Å². The number of carbonyl (C=O) groups excluding carboxylic acids is 1. The fourth-order valence-electron chi connectivity index (χ4n) is 1.87. The highest BCUT2D eigenvalue weighted by atomic mass is 16.2. The molecule has 0 aromatic carbocycles. The minimum Gasteiger partial charge on any atom is -0.396 e. The largest absolute Gasteiger partial charge is 0.396 e. The van der Waals surface area contributed by atoms with Crippen molar-refractivity contribution in [2.24, 2.45) is 5.92 Å². The molecule has 1 atom stereocenters. The number of nitrogens with one attached hydrogen (secondary N) is 2. The number of nitrogens with zero attached hydrogens (tertiary/aromatic N) is 1. The van der Waals surface area contributed by atoms with Crippen LogP contribution in [0.5, 0.6) is 0 Å². The molecule has 1 amide bonds. The first-order chi connectivity index (χ1) is 7.60. The van der Waals surface area contributed by atoms with Gasteiger partial charge in [0.15, 0.2) is 0 Å². The third-order valence-electron chi connectivity index (χ3n) is 3.01.